The molecular formula is C11H9Cl4NO3. The van der Waals surface area contributed by atoms with Crippen LogP contribution in [0.4, 0.5) is 0 Å². The zero-order valence-corrected chi connectivity index (χ0v) is 13.0. The number of esters is 1. The van der Waals surface area contributed by atoms with Crippen molar-refractivity contribution in [2.75, 3.05) is 6.61 Å². The second-order valence-corrected chi connectivity index (χ2v) is 4.85. The smallest absolute Gasteiger partial charge is 0.342 e. The quantitative estimate of drug-likeness (QED) is 0.378. The third-order valence-electron chi connectivity index (χ3n) is 2.09. The largest absolute Gasteiger partial charge is 0.512 e. The van der Waals surface area contributed by atoms with Gasteiger partial charge in [0.15, 0.2) is 0 Å². The van der Waals surface area contributed by atoms with E-state index in [0.717, 1.165) is 0 Å². The highest BCUT2D eigenvalue weighted by Crippen LogP contribution is 2.39. The van der Waals surface area contributed by atoms with Gasteiger partial charge < -0.3 is 9.84 Å². The van der Waals surface area contributed by atoms with Crippen molar-refractivity contribution < 1.29 is 14.6 Å². The summed E-state index contributed by atoms with van der Waals surface area (Å²) in [6, 6.07) is 0. The number of carbonyl (C=O) groups is 1. The molecule has 0 aliphatic heterocycles. The summed E-state index contributed by atoms with van der Waals surface area (Å²) in [4.78, 5) is 15.5. The van der Waals surface area contributed by atoms with Crippen LogP contribution in [-0.4, -0.2) is 22.7 Å². The molecule has 0 spiro atoms. The fourth-order valence-corrected chi connectivity index (χ4v) is 2.25. The molecule has 0 unspecified atom stereocenters. The second kappa shape index (κ2) is 6.66. The zero-order valence-electron chi connectivity index (χ0n) is 9.93. The minimum atomic E-state index is -0.787. The number of nitrogens with zero attached hydrogens (tertiary/aromatic N) is 1. The number of halogens is 4. The van der Waals surface area contributed by atoms with Crippen molar-refractivity contribution in [2.45, 2.75) is 13.8 Å². The number of hydrogen-bond donors (Lipinski definition) is 1. The van der Waals surface area contributed by atoms with Crippen LogP contribution in [0.25, 0.3) is 5.57 Å². The molecule has 1 aromatic heterocycles. The minimum Gasteiger partial charge on any atom is -0.512 e. The lowest BCUT2D eigenvalue weighted by Gasteiger charge is -2.13. The maximum Gasteiger partial charge on any atom is 0.342 e. The summed E-state index contributed by atoms with van der Waals surface area (Å²) in [6.45, 7) is 3.04. The SMILES string of the molecule is CCOC(=O)/C(=C(/C)O)c1c(Cl)c(Cl)nc(Cl)c1Cl. The van der Waals surface area contributed by atoms with Gasteiger partial charge in [-0.15, -0.1) is 0 Å². The highest BCUT2D eigenvalue weighted by atomic mass is 35.5. The van der Waals surface area contributed by atoms with E-state index in [1.807, 2.05) is 0 Å². The predicted octanol–water partition coefficient (Wildman–Crippen LogP) is 4.55. The number of rotatable bonds is 3. The minimum absolute atomic E-state index is 0.00761. The molecule has 1 aromatic rings. The number of pyridine rings is 1. The monoisotopic (exact) mass is 343 g/mol. The maximum atomic E-state index is 11.8. The van der Waals surface area contributed by atoms with Gasteiger partial charge in [-0.3, -0.25) is 0 Å². The lowest BCUT2D eigenvalue weighted by molar-refractivity contribution is -0.136. The van der Waals surface area contributed by atoms with Gasteiger partial charge in [-0.2, -0.15) is 0 Å². The Bertz CT molecular complexity index is 527. The van der Waals surface area contributed by atoms with Crippen molar-refractivity contribution in [3.63, 3.8) is 0 Å². The summed E-state index contributed by atoms with van der Waals surface area (Å²) < 4.78 is 4.83. The number of aliphatic hydroxyl groups excluding tert-OH is 1. The van der Waals surface area contributed by atoms with Crippen LogP contribution in [0.5, 0.6) is 0 Å². The van der Waals surface area contributed by atoms with Crippen LogP contribution in [0.15, 0.2) is 5.76 Å². The molecule has 0 saturated carbocycles. The number of aromatic nitrogens is 1. The third-order valence-corrected chi connectivity index (χ3v) is 3.57. The van der Waals surface area contributed by atoms with Crippen LogP contribution in [0.3, 0.4) is 0 Å². The van der Waals surface area contributed by atoms with Crippen LogP contribution < -0.4 is 0 Å². The average molecular weight is 345 g/mol. The summed E-state index contributed by atoms with van der Waals surface area (Å²) in [5.41, 5.74) is -0.213. The fraction of sp³-hybridized carbons (Fsp3) is 0.273. The summed E-state index contributed by atoms with van der Waals surface area (Å²) >= 11 is 23.5. The average Bonchev–Trinajstić information content (AvgIpc) is 2.31. The molecule has 104 valence electrons. The molecular weight excluding hydrogens is 336 g/mol. The molecule has 0 aliphatic carbocycles. The van der Waals surface area contributed by atoms with E-state index in [1.165, 1.54) is 6.92 Å². The van der Waals surface area contributed by atoms with Crippen LogP contribution in [-0.2, 0) is 9.53 Å². The molecule has 0 radical (unpaired) electrons. The Morgan fingerprint density at radius 1 is 1.21 bits per heavy atom. The highest BCUT2D eigenvalue weighted by molar-refractivity contribution is 6.49. The topological polar surface area (TPSA) is 59.4 Å². The molecule has 0 atom stereocenters. The second-order valence-electron chi connectivity index (χ2n) is 3.38. The van der Waals surface area contributed by atoms with E-state index in [0.29, 0.717) is 0 Å². The number of hydrogen-bond acceptors (Lipinski definition) is 4. The van der Waals surface area contributed by atoms with Crippen molar-refractivity contribution in [1.29, 1.82) is 0 Å². The normalized spacial score (nSPS) is 12.1. The Balaban J connectivity index is 3.58. The van der Waals surface area contributed by atoms with Crippen LogP contribution in [0.2, 0.25) is 20.4 Å². The van der Waals surface area contributed by atoms with Gasteiger partial charge in [0.1, 0.15) is 21.6 Å². The Labute approximate surface area is 129 Å². The highest BCUT2D eigenvalue weighted by Gasteiger charge is 2.26. The van der Waals surface area contributed by atoms with E-state index < -0.39 is 5.97 Å². The lowest BCUT2D eigenvalue weighted by Crippen LogP contribution is -2.10. The van der Waals surface area contributed by atoms with Gasteiger partial charge in [-0.1, -0.05) is 46.4 Å². The lowest BCUT2D eigenvalue weighted by atomic mass is 10.1. The Kier molecular flexibility index (Phi) is 5.74. The van der Waals surface area contributed by atoms with Crippen LogP contribution >= 0.6 is 46.4 Å². The summed E-state index contributed by atoms with van der Waals surface area (Å²) in [6.07, 6.45) is 0. The Morgan fingerprint density at radius 3 is 2.05 bits per heavy atom. The molecule has 0 aromatic carbocycles. The van der Waals surface area contributed by atoms with E-state index in [9.17, 15) is 9.90 Å². The van der Waals surface area contributed by atoms with Gasteiger partial charge >= 0.3 is 5.97 Å². The number of carbonyl (C=O) groups excluding carboxylic acids is 1. The molecule has 19 heavy (non-hydrogen) atoms. The molecule has 0 saturated heterocycles. The zero-order chi connectivity index (χ0) is 14.7. The van der Waals surface area contributed by atoms with Crippen molar-refractivity contribution >= 4 is 57.9 Å². The summed E-state index contributed by atoms with van der Waals surface area (Å²) in [5.74, 6) is -1.11. The van der Waals surface area contributed by atoms with Gasteiger partial charge in [-0.25, -0.2) is 9.78 Å². The van der Waals surface area contributed by atoms with Gasteiger partial charge in [0.05, 0.1) is 16.7 Å². The van der Waals surface area contributed by atoms with Crippen molar-refractivity contribution in [2.24, 2.45) is 0 Å². The molecule has 1 rings (SSSR count). The van der Waals surface area contributed by atoms with Crippen molar-refractivity contribution in [3.05, 3.63) is 31.7 Å². The Hall–Kier alpha value is -0.680. The molecule has 0 amide bonds. The van der Waals surface area contributed by atoms with E-state index in [2.05, 4.69) is 4.98 Å². The predicted molar refractivity (Wildman–Crippen MR) is 76.1 cm³/mol. The molecule has 0 aliphatic rings. The van der Waals surface area contributed by atoms with Crippen molar-refractivity contribution in [1.82, 2.24) is 4.98 Å². The number of aliphatic hydroxyl groups is 1. The standard InChI is InChI=1S/C11H9Cl4NO3/c1-3-19-11(18)5(4(2)17)6-7(12)9(14)16-10(15)8(6)13/h17H,3H2,1-2H3/b5-4-. The van der Waals surface area contributed by atoms with E-state index in [1.54, 1.807) is 6.92 Å². The van der Waals surface area contributed by atoms with Gasteiger partial charge in [0, 0.05) is 5.56 Å². The maximum absolute atomic E-state index is 11.8. The Morgan fingerprint density at radius 2 is 1.68 bits per heavy atom. The fourth-order valence-electron chi connectivity index (χ4n) is 1.34. The molecule has 1 heterocycles. The number of ether oxygens (including phenoxy) is 1. The van der Waals surface area contributed by atoms with E-state index in [4.69, 9.17) is 51.1 Å². The molecule has 4 nitrogen and oxygen atoms in total. The first-order chi connectivity index (χ1) is 8.81. The third kappa shape index (κ3) is 3.45. The summed E-state index contributed by atoms with van der Waals surface area (Å²) in [7, 11) is 0. The van der Waals surface area contributed by atoms with Crippen molar-refractivity contribution in [3.8, 4) is 0 Å². The van der Waals surface area contributed by atoms with Crippen LogP contribution in [0.1, 0.15) is 19.4 Å². The van der Waals surface area contributed by atoms with Gasteiger partial charge in [0.2, 0.25) is 0 Å². The van der Waals surface area contributed by atoms with Crippen LogP contribution in [0, 0.1) is 0 Å². The first kappa shape index (κ1) is 16.4. The molecule has 0 fully saturated rings. The van der Waals surface area contributed by atoms with E-state index >= 15 is 0 Å². The molecule has 8 heteroatoms. The number of allylic oxidation sites excluding steroid dienone is 1. The first-order valence-corrected chi connectivity index (χ1v) is 6.59. The first-order valence-electron chi connectivity index (χ1n) is 5.08. The van der Waals surface area contributed by atoms with Gasteiger partial charge in [-0.05, 0) is 13.8 Å². The molecule has 1 N–H and O–H groups in total. The summed E-state index contributed by atoms with van der Waals surface area (Å²) in [5, 5.41) is 9.21. The van der Waals surface area contributed by atoms with Gasteiger partial charge in [0.25, 0.3) is 0 Å². The molecule has 0 bridgehead atoms. The van der Waals surface area contributed by atoms with E-state index in [-0.39, 0.29) is 43.9 Å².